The van der Waals surface area contributed by atoms with Gasteiger partial charge >= 0.3 is 0 Å². The van der Waals surface area contributed by atoms with Crippen molar-refractivity contribution < 1.29 is 4.21 Å². The van der Waals surface area contributed by atoms with Gasteiger partial charge < -0.3 is 5.32 Å². The monoisotopic (exact) mass is 267 g/mol. The van der Waals surface area contributed by atoms with E-state index in [1.54, 1.807) is 0 Å². The zero-order chi connectivity index (χ0) is 13.5. The smallest absolute Gasteiger partial charge is 0.0514 e. The number of hydrogen-bond donors (Lipinski definition) is 1. The van der Waals surface area contributed by atoms with Crippen LogP contribution in [0.1, 0.15) is 39.3 Å². The van der Waals surface area contributed by atoms with Crippen LogP contribution in [0, 0.1) is 5.92 Å². The van der Waals surface area contributed by atoms with Crippen molar-refractivity contribution in [2.75, 3.05) is 12.3 Å². The van der Waals surface area contributed by atoms with Crippen LogP contribution in [-0.4, -0.2) is 21.8 Å². The maximum Gasteiger partial charge on any atom is 0.0514 e. The van der Waals surface area contributed by atoms with Crippen LogP contribution in [0.25, 0.3) is 0 Å². The summed E-state index contributed by atoms with van der Waals surface area (Å²) in [5.41, 5.74) is 1.23. The molecule has 0 aromatic heterocycles. The molecule has 0 saturated carbocycles. The number of nitrogens with one attached hydrogen (secondary N) is 1. The molecule has 0 bridgehead atoms. The quantitative estimate of drug-likeness (QED) is 0.822. The molecule has 0 fully saturated rings. The molecule has 0 aliphatic carbocycles. The van der Waals surface area contributed by atoms with Gasteiger partial charge in [0.1, 0.15) is 0 Å². The van der Waals surface area contributed by atoms with Crippen LogP contribution >= 0.6 is 0 Å². The molecule has 3 heteroatoms. The maximum absolute atomic E-state index is 12.3. The van der Waals surface area contributed by atoms with Gasteiger partial charge in [0.2, 0.25) is 0 Å². The molecular weight excluding hydrogens is 242 g/mol. The van der Waals surface area contributed by atoms with E-state index in [9.17, 15) is 4.21 Å². The van der Waals surface area contributed by atoms with Crippen molar-refractivity contribution in [2.24, 2.45) is 5.92 Å². The molecule has 3 atom stereocenters. The Kier molecular flexibility index (Phi) is 6.58. The van der Waals surface area contributed by atoms with E-state index in [2.05, 4.69) is 45.1 Å². The molecule has 0 spiro atoms. The molecule has 1 aromatic rings. The van der Waals surface area contributed by atoms with E-state index >= 15 is 0 Å². The van der Waals surface area contributed by atoms with Crippen molar-refractivity contribution in [3.63, 3.8) is 0 Å². The van der Waals surface area contributed by atoms with E-state index in [0.29, 0.717) is 5.92 Å². The van der Waals surface area contributed by atoms with Crippen molar-refractivity contribution in [1.82, 2.24) is 5.32 Å². The highest BCUT2D eigenvalue weighted by Crippen LogP contribution is 2.21. The summed E-state index contributed by atoms with van der Waals surface area (Å²) in [4.78, 5) is 0. The predicted molar refractivity (Wildman–Crippen MR) is 80.2 cm³/mol. The summed E-state index contributed by atoms with van der Waals surface area (Å²) >= 11 is 0. The molecule has 1 rings (SSSR count). The van der Waals surface area contributed by atoms with Gasteiger partial charge in [0.05, 0.1) is 5.25 Å². The van der Waals surface area contributed by atoms with Crippen molar-refractivity contribution in [1.29, 1.82) is 0 Å². The van der Waals surface area contributed by atoms with Gasteiger partial charge in [0, 0.05) is 22.6 Å². The minimum atomic E-state index is -0.789. The Bertz CT molecular complexity index is 364. The lowest BCUT2D eigenvalue weighted by Gasteiger charge is -2.25. The lowest BCUT2D eigenvalue weighted by atomic mass is 10.0. The summed E-state index contributed by atoms with van der Waals surface area (Å²) in [5.74, 6) is 1.25. The second-order valence-corrected chi connectivity index (χ2v) is 6.93. The van der Waals surface area contributed by atoms with E-state index in [1.807, 2.05) is 18.2 Å². The molecule has 0 saturated heterocycles. The topological polar surface area (TPSA) is 29.1 Å². The van der Waals surface area contributed by atoms with Crippen LogP contribution in [0.2, 0.25) is 0 Å². The third kappa shape index (κ3) is 4.54. The largest absolute Gasteiger partial charge is 0.309 e. The van der Waals surface area contributed by atoms with Gasteiger partial charge in [0.25, 0.3) is 0 Å². The molecule has 3 unspecified atom stereocenters. The first-order chi connectivity index (χ1) is 8.56. The van der Waals surface area contributed by atoms with E-state index in [4.69, 9.17) is 0 Å². The van der Waals surface area contributed by atoms with E-state index in [0.717, 1.165) is 12.3 Å². The highest BCUT2D eigenvalue weighted by atomic mass is 32.2. The Hall–Kier alpha value is -0.670. The second-order valence-electron chi connectivity index (χ2n) is 5.09. The minimum absolute atomic E-state index is 0.134. The summed E-state index contributed by atoms with van der Waals surface area (Å²) in [7, 11) is -0.789. The number of rotatable bonds is 7. The third-order valence-corrected chi connectivity index (χ3v) is 5.06. The van der Waals surface area contributed by atoms with Crippen LogP contribution < -0.4 is 5.32 Å². The van der Waals surface area contributed by atoms with Crippen LogP contribution in [0.15, 0.2) is 30.3 Å². The summed E-state index contributed by atoms with van der Waals surface area (Å²) in [6, 6.07) is 10.5. The van der Waals surface area contributed by atoms with Crippen LogP contribution in [0.3, 0.4) is 0 Å². The Morgan fingerprint density at radius 1 is 1.17 bits per heavy atom. The van der Waals surface area contributed by atoms with Gasteiger partial charge in [0.15, 0.2) is 0 Å². The Balaban J connectivity index is 2.82. The first-order valence-electron chi connectivity index (χ1n) is 6.71. The first kappa shape index (κ1) is 15.4. The van der Waals surface area contributed by atoms with E-state index in [-0.39, 0.29) is 11.3 Å². The number of benzene rings is 1. The van der Waals surface area contributed by atoms with Gasteiger partial charge in [-0.2, -0.15) is 0 Å². The first-order valence-corrected chi connectivity index (χ1v) is 8.10. The average Bonchev–Trinajstić information content (AvgIpc) is 2.35. The normalized spacial score (nSPS) is 16.5. The molecule has 2 nitrogen and oxygen atoms in total. The molecule has 102 valence electrons. The lowest BCUT2D eigenvalue weighted by molar-refractivity contribution is 0.533. The highest BCUT2D eigenvalue weighted by Gasteiger charge is 2.23. The molecule has 0 heterocycles. The summed E-state index contributed by atoms with van der Waals surface area (Å²) in [5, 5.41) is 3.59. The summed E-state index contributed by atoms with van der Waals surface area (Å²) in [6.07, 6.45) is 0. The van der Waals surface area contributed by atoms with Gasteiger partial charge in [-0.05, 0) is 24.9 Å². The Morgan fingerprint density at radius 3 is 2.28 bits per heavy atom. The van der Waals surface area contributed by atoms with Crippen molar-refractivity contribution in [3.8, 4) is 0 Å². The van der Waals surface area contributed by atoms with Gasteiger partial charge in [-0.3, -0.25) is 4.21 Å². The molecule has 0 aliphatic heterocycles. The Labute approximate surface area is 114 Å². The van der Waals surface area contributed by atoms with Crippen molar-refractivity contribution in [3.05, 3.63) is 35.9 Å². The van der Waals surface area contributed by atoms with Gasteiger partial charge in [-0.1, -0.05) is 51.1 Å². The molecule has 0 amide bonds. The predicted octanol–water partition coefficient (Wildman–Crippen LogP) is 3.13. The van der Waals surface area contributed by atoms with Gasteiger partial charge in [-0.25, -0.2) is 0 Å². The molecule has 0 aliphatic rings. The average molecular weight is 267 g/mol. The fourth-order valence-corrected chi connectivity index (χ4v) is 3.58. The molecular formula is C15H25NOS. The standard InChI is InChI=1S/C15H25NOS/c1-5-16-15(14-9-7-6-8-10-14)13(4)18(17)11-12(2)3/h6-10,12-13,15-16H,5,11H2,1-4H3. The molecule has 0 radical (unpaired) electrons. The minimum Gasteiger partial charge on any atom is -0.309 e. The van der Waals surface area contributed by atoms with Gasteiger partial charge in [-0.15, -0.1) is 0 Å². The lowest BCUT2D eigenvalue weighted by Crippen LogP contribution is -2.34. The SMILES string of the molecule is CCNC(c1ccccc1)C(C)S(=O)CC(C)C. The third-order valence-electron chi connectivity index (χ3n) is 2.96. The summed E-state index contributed by atoms with van der Waals surface area (Å²) in [6.45, 7) is 9.31. The highest BCUT2D eigenvalue weighted by molar-refractivity contribution is 7.85. The molecule has 18 heavy (non-hydrogen) atoms. The summed E-state index contributed by atoms with van der Waals surface area (Å²) < 4.78 is 12.3. The van der Waals surface area contributed by atoms with Crippen molar-refractivity contribution in [2.45, 2.75) is 39.0 Å². The second kappa shape index (κ2) is 7.70. The maximum atomic E-state index is 12.3. The van der Waals surface area contributed by atoms with Crippen LogP contribution in [-0.2, 0) is 10.8 Å². The fourth-order valence-electron chi connectivity index (χ4n) is 2.07. The van der Waals surface area contributed by atoms with Crippen LogP contribution in [0.4, 0.5) is 0 Å². The zero-order valence-electron chi connectivity index (χ0n) is 11.8. The van der Waals surface area contributed by atoms with Crippen LogP contribution in [0.5, 0.6) is 0 Å². The van der Waals surface area contributed by atoms with E-state index < -0.39 is 10.8 Å². The van der Waals surface area contributed by atoms with E-state index in [1.165, 1.54) is 5.56 Å². The Morgan fingerprint density at radius 2 is 1.78 bits per heavy atom. The van der Waals surface area contributed by atoms with Crippen molar-refractivity contribution >= 4 is 10.8 Å². The molecule has 1 N–H and O–H groups in total. The molecule has 1 aromatic carbocycles. The zero-order valence-corrected chi connectivity index (χ0v) is 12.7. The fraction of sp³-hybridized carbons (Fsp3) is 0.600. The number of hydrogen-bond acceptors (Lipinski definition) is 2.